The number of nitrogens with zero attached hydrogens (tertiary/aromatic N) is 1. The fourth-order valence-corrected chi connectivity index (χ4v) is 1.33. The second-order valence-corrected chi connectivity index (χ2v) is 3.97. The normalized spacial score (nSPS) is 9.16. The fourth-order valence-electron chi connectivity index (χ4n) is 1.33. The van der Waals surface area contributed by atoms with Gasteiger partial charge in [0.1, 0.15) is 0 Å². The zero-order chi connectivity index (χ0) is 12.8. The largest absolute Gasteiger partial charge is 0.481 e. The van der Waals surface area contributed by atoms with Crippen molar-refractivity contribution in [1.82, 2.24) is 0 Å². The number of carboxylic acids is 1. The first-order valence-corrected chi connectivity index (χ1v) is 5.36. The summed E-state index contributed by atoms with van der Waals surface area (Å²) in [4.78, 5) is 12.3. The van der Waals surface area contributed by atoms with Gasteiger partial charge in [-0.05, 0) is 12.1 Å². The summed E-state index contributed by atoms with van der Waals surface area (Å²) in [6.45, 7) is 0.539. The Hall–Kier alpha value is -1.17. The highest BCUT2D eigenvalue weighted by Crippen LogP contribution is 2.20. The Bertz CT molecular complexity index is 401. The minimum atomic E-state index is -0.860. The van der Waals surface area contributed by atoms with Crippen molar-refractivity contribution in [2.75, 3.05) is 31.3 Å². The van der Waals surface area contributed by atoms with Gasteiger partial charge in [-0.1, -0.05) is 6.07 Å². The first kappa shape index (κ1) is 20.2. The Morgan fingerprint density at radius 2 is 2.00 bits per heavy atom. The molecule has 0 unspecified atom stereocenters. The second kappa shape index (κ2) is 9.72. The number of rotatable bonds is 6. The Morgan fingerprint density at radius 1 is 1.37 bits per heavy atom. The van der Waals surface area contributed by atoms with E-state index in [4.69, 9.17) is 15.6 Å². The van der Waals surface area contributed by atoms with Crippen LogP contribution in [0.5, 0.6) is 0 Å². The van der Waals surface area contributed by atoms with Gasteiger partial charge in [0.2, 0.25) is 0 Å². The quantitative estimate of drug-likeness (QED) is 0.622. The van der Waals surface area contributed by atoms with E-state index in [1.807, 2.05) is 37.2 Å². The summed E-state index contributed by atoms with van der Waals surface area (Å²) in [5.41, 5.74) is 8.44. The third kappa shape index (κ3) is 7.10. The molecule has 3 N–H and O–H groups in total. The lowest BCUT2D eigenvalue weighted by Crippen LogP contribution is -2.10. The molecule has 0 aliphatic heterocycles. The molecule has 0 fully saturated rings. The molecule has 0 aromatic heterocycles. The van der Waals surface area contributed by atoms with Crippen LogP contribution in [0, 0.1) is 0 Å². The summed E-state index contributed by atoms with van der Waals surface area (Å²) < 4.78 is 5.24. The van der Waals surface area contributed by atoms with E-state index in [0.29, 0.717) is 12.3 Å². The number of anilines is 2. The third-order valence-electron chi connectivity index (χ3n) is 2.36. The Labute approximate surface area is 125 Å². The molecule has 0 saturated carbocycles. The Balaban J connectivity index is 0. The molecular formula is C12H20Cl2N2O3. The minimum absolute atomic E-state index is 0. The molecule has 0 bridgehead atoms. The molecule has 0 aliphatic carbocycles. The molecule has 1 aromatic rings. The summed E-state index contributed by atoms with van der Waals surface area (Å²) in [6, 6.07) is 5.72. The molecule has 1 rings (SSSR count). The smallest absolute Gasteiger partial charge is 0.305 e. The summed E-state index contributed by atoms with van der Waals surface area (Å²) >= 11 is 0. The van der Waals surface area contributed by atoms with E-state index in [9.17, 15) is 4.79 Å². The van der Waals surface area contributed by atoms with Gasteiger partial charge in [-0.2, -0.15) is 0 Å². The molecule has 0 aliphatic rings. The molecule has 0 saturated heterocycles. The fraction of sp³-hybridized carbons (Fsp3) is 0.417. The lowest BCUT2D eigenvalue weighted by Gasteiger charge is -2.14. The van der Waals surface area contributed by atoms with Crippen molar-refractivity contribution in [2.45, 2.75) is 13.0 Å². The van der Waals surface area contributed by atoms with Crippen molar-refractivity contribution in [2.24, 2.45) is 0 Å². The summed E-state index contributed by atoms with van der Waals surface area (Å²) in [7, 11) is 3.88. The minimum Gasteiger partial charge on any atom is -0.481 e. The molecule has 7 heteroatoms. The summed E-state index contributed by atoms with van der Waals surface area (Å²) in [5.74, 6) is -0.860. The molecule has 0 amide bonds. The Morgan fingerprint density at radius 3 is 2.47 bits per heavy atom. The molecular weight excluding hydrogens is 291 g/mol. The lowest BCUT2D eigenvalue weighted by atomic mass is 10.1. The van der Waals surface area contributed by atoms with E-state index in [1.54, 1.807) is 0 Å². The first-order chi connectivity index (χ1) is 8.00. The summed E-state index contributed by atoms with van der Waals surface area (Å²) in [5, 5.41) is 8.45. The molecule has 1 aromatic carbocycles. The van der Waals surface area contributed by atoms with Crippen LogP contribution in [0.25, 0.3) is 0 Å². The monoisotopic (exact) mass is 310 g/mol. The van der Waals surface area contributed by atoms with Crippen molar-refractivity contribution in [1.29, 1.82) is 0 Å². The highest BCUT2D eigenvalue weighted by atomic mass is 35.5. The maximum Gasteiger partial charge on any atom is 0.305 e. The van der Waals surface area contributed by atoms with Crippen molar-refractivity contribution < 1.29 is 14.6 Å². The number of carboxylic acid groups (broad SMARTS) is 1. The van der Waals surface area contributed by atoms with Crippen LogP contribution in [0.2, 0.25) is 0 Å². The number of hydrogen-bond donors (Lipinski definition) is 2. The van der Waals surface area contributed by atoms with E-state index in [0.717, 1.165) is 11.3 Å². The van der Waals surface area contributed by atoms with Gasteiger partial charge in [0, 0.05) is 31.0 Å². The SMILES string of the molecule is CN(C)c1ccc(COCCC(=O)O)c(N)c1.Cl.Cl. The highest BCUT2D eigenvalue weighted by molar-refractivity contribution is 5.85. The molecule has 0 heterocycles. The lowest BCUT2D eigenvalue weighted by molar-refractivity contribution is -0.138. The van der Waals surface area contributed by atoms with E-state index in [1.165, 1.54) is 0 Å². The van der Waals surface area contributed by atoms with Gasteiger partial charge in [-0.15, -0.1) is 24.8 Å². The van der Waals surface area contributed by atoms with Gasteiger partial charge in [0.15, 0.2) is 0 Å². The number of benzene rings is 1. The van der Waals surface area contributed by atoms with Crippen LogP contribution in [0.4, 0.5) is 11.4 Å². The van der Waals surface area contributed by atoms with Crippen molar-refractivity contribution in [3.63, 3.8) is 0 Å². The molecule has 5 nitrogen and oxygen atoms in total. The van der Waals surface area contributed by atoms with Gasteiger partial charge >= 0.3 is 5.97 Å². The van der Waals surface area contributed by atoms with Crippen LogP contribution < -0.4 is 10.6 Å². The van der Waals surface area contributed by atoms with Crippen LogP contribution in [0.15, 0.2) is 18.2 Å². The van der Waals surface area contributed by atoms with Crippen molar-refractivity contribution in [3.8, 4) is 0 Å². The van der Waals surface area contributed by atoms with E-state index in [-0.39, 0.29) is 37.8 Å². The standard InChI is InChI=1S/C12H18N2O3.2ClH/c1-14(2)10-4-3-9(11(13)7-10)8-17-6-5-12(15)16;;/h3-4,7H,5-6,8,13H2,1-2H3,(H,15,16);2*1H. The number of hydrogen-bond acceptors (Lipinski definition) is 4. The van der Waals surface area contributed by atoms with E-state index >= 15 is 0 Å². The number of carbonyl (C=O) groups is 1. The predicted octanol–water partition coefficient (Wildman–Crippen LogP) is 2.17. The first-order valence-electron chi connectivity index (χ1n) is 5.36. The van der Waals surface area contributed by atoms with Crippen LogP contribution in [0.3, 0.4) is 0 Å². The number of aliphatic carboxylic acids is 1. The van der Waals surface area contributed by atoms with Crippen LogP contribution in [-0.2, 0) is 16.1 Å². The molecule has 110 valence electrons. The van der Waals surface area contributed by atoms with Crippen molar-refractivity contribution >= 4 is 42.2 Å². The third-order valence-corrected chi connectivity index (χ3v) is 2.36. The molecule has 0 spiro atoms. The van der Waals surface area contributed by atoms with Gasteiger partial charge in [0.25, 0.3) is 0 Å². The topological polar surface area (TPSA) is 75.8 Å². The maximum absolute atomic E-state index is 10.3. The predicted molar refractivity (Wildman–Crippen MR) is 81.6 cm³/mol. The van der Waals surface area contributed by atoms with Gasteiger partial charge < -0.3 is 20.5 Å². The maximum atomic E-state index is 10.3. The number of nitrogens with two attached hydrogens (primary N) is 1. The summed E-state index contributed by atoms with van der Waals surface area (Å²) in [6.07, 6.45) is 0.00961. The molecule has 19 heavy (non-hydrogen) atoms. The average molecular weight is 311 g/mol. The zero-order valence-corrected chi connectivity index (χ0v) is 12.6. The van der Waals surface area contributed by atoms with Gasteiger partial charge in [-0.25, -0.2) is 0 Å². The number of ether oxygens (including phenoxy) is 1. The highest BCUT2D eigenvalue weighted by Gasteiger charge is 2.03. The van der Waals surface area contributed by atoms with Crippen LogP contribution in [-0.4, -0.2) is 31.8 Å². The van der Waals surface area contributed by atoms with Gasteiger partial charge in [0.05, 0.1) is 19.6 Å². The van der Waals surface area contributed by atoms with E-state index in [2.05, 4.69) is 0 Å². The number of nitrogen functional groups attached to an aromatic ring is 1. The van der Waals surface area contributed by atoms with Gasteiger partial charge in [-0.3, -0.25) is 4.79 Å². The average Bonchev–Trinajstić information content (AvgIpc) is 2.25. The number of halogens is 2. The molecule has 0 radical (unpaired) electrons. The van der Waals surface area contributed by atoms with Crippen LogP contribution in [0.1, 0.15) is 12.0 Å². The van der Waals surface area contributed by atoms with E-state index < -0.39 is 5.97 Å². The Kier molecular flexibility index (Phi) is 10.3. The van der Waals surface area contributed by atoms with Crippen molar-refractivity contribution in [3.05, 3.63) is 23.8 Å². The zero-order valence-electron chi connectivity index (χ0n) is 11.0. The molecule has 0 atom stereocenters. The van der Waals surface area contributed by atoms with Crippen LogP contribution >= 0.6 is 24.8 Å². The second-order valence-electron chi connectivity index (χ2n) is 3.97.